The highest BCUT2D eigenvalue weighted by Crippen LogP contribution is 2.24. The van der Waals surface area contributed by atoms with E-state index in [4.69, 9.17) is 39.5 Å². The quantitative estimate of drug-likeness (QED) is 0.531. The number of halogens is 3. The predicted molar refractivity (Wildman–Crippen MR) is 108 cm³/mol. The Bertz CT molecular complexity index is 953. The van der Waals surface area contributed by atoms with Gasteiger partial charge in [0.2, 0.25) is 0 Å². The molecule has 0 aliphatic carbocycles. The number of rotatable bonds is 8. The van der Waals surface area contributed by atoms with E-state index in [1.807, 2.05) is 0 Å². The van der Waals surface area contributed by atoms with Crippen LogP contribution >= 0.6 is 34.8 Å². The molecule has 0 spiro atoms. The van der Waals surface area contributed by atoms with Crippen molar-refractivity contribution in [3.05, 3.63) is 63.1 Å². The Morgan fingerprint density at radius 2 is 1.89 bits per heavy atom. The van der Waals surface area contributed by atoms with E-state index in [9.17, 15) is 4.79 Å². The van der Waals surface area contributed by atoms with Crippen molar-refractivity contribution in [3.63, 3.8) is 0 Å². The van der Waals surface area contributed by atoms with Gasteiger partial charge in [-0.15, -0.1) is 0 Å². The van der Waals surface area contributed by atoms with E-state index in [1.54, 1.807) is 48.1 Å². The summed E-state index contributed by atoms with van der Waals surface area (Å²) in [6, 6.07) is 8.59. The van der Waals surface area contributed by atoms with Crippen LogP contribution in [0.4, 0.5) is 0 Å². The van der Waals surface area contributed by atoms with Crippen LogP contribution in [0.1, 0.15) is 22.6 Å². The van der Waals surface area contributed by atoms with Gasteiger partial charge in [-0.25, -0.2) is 4.68 Å². The number of carbonyl (C=O) groups is 1. The molecule has 0 atom stereocenters. The number of benzene rings is 1. The van der Waals surface area contributed by atoms with Gasteiger partial charge in [0.05, 0.1) is 5.69 Å². The molecule has 0 radical (unpaired) electrons. The van der Waals surface area contributed by atoms with E-state index < -0.39 is 0 Å². The minimum atomic E-state index is -0.238. The van der Waals surface area contributed by atoms with Crippen molar-refractivity contribution in [1.29, 1.82) is 0 Å². The Labute approximate surface area is 177 Å². The predicted octanol–water partition coefficient (Wildman–Crippen LogP) is 4.20. The first-order valence-corrected chi connectivity index (χ1v) is 9.66. The molecule has 0 fully saturated rings. The van der Waals surface area contributed by atoms with Crippen LogP contribution < -0.4 is 10.1 Å². The van der Waals surface area contributed by atoms with Gasteiger partial charge in [-0.1, -0.05) is 34.8 Å². The molecule has 10 heteroatoms. The molecule has 0 saturated carbocycles. The first-order valence-electron chi connectivity index (χ1n) is 8.52. The highest BCUT2D eigenvalue weighted by atomic mass is 35.5. The lowest BCUT2D eigenvalue weighted by Gasteiger charge is -2.10. The third kappa shape index (κ3) is 4.98. The van der Waals surface area contributed by atoms with Crippen molar-refractivity contribution in [2.45, 2.75) is 26.6 Å². The van der Waals surface area contributed by atoms with Gasteiger partial charge < -0.3 is 10.1 Å². The van der Waals surface area contributed by atoms with Gasteiger partial charge in [0.25, 0.3) is 5.91 Å². The van der Waals surface area contributed by atoms with Crippen molar-refractivity contribution in [3.8, 4) is 5.75 Å². The Hall–Kier alpha value is -2.22. The standard InChI is InChI=1S/C18H18Cl3N5O2/c1-12-16(20)17(21)25(24-12)10-2-8-22-18(27)15-7-9-23-26(15)11-28-14-5-3-13(19)4-6-14/h3-7,9H,2,8,10-11H2,1H3,(H,22,27). The van der Waals surface area contributed by atoms with Crippen LogP contribution in [0, 0.1) is 6.92 Å². The topological polar surface area (TPSA) is 74.0 Å². The Kier molecular flexibility index (Phi) is 6.83. The van der Waals surface area contributed by atoms with Gasteiger partial charge in [0, 0.05) is 24.3 Å². The third-order valence-electron chi connectivity index (χ3n) is 3.94. The number of carbonyl (C=O) groups excluding carboxylic acids is 1. The number of nitrogens with zero attached hydrogens (tertiary/aromatic N) is 4. The Balaban J connectivity index is 1.49. The molecular formula is C18H18Cl3N5O2. The summed E-state index contributed by atoms with van der Waals surface area (Å²) in [6.07, 6.45) is 2.20. The Morgan fingerprint density at radius 3 is 2.57 bits per heavy atom. The molecule has 0 aliphatic heterocycles. The zero-order chi connectivity index (χ0) is 20.1. The summed E-state index contributed by atoms with van der Waals surface area (Å²) in [5, 5.41) is 12.7. The second-order valence-electron chi connectivity index (χ2n) is 5.97. The molecule has 0 bridgehead atoms. The molecule has 1 amide bonds. The molecule has 0 aliphatic rings. The van der Waals surface area contributed by atoms with Crippen molar-refractivity contribution >= 4 is 40.7 Å². The van der Waals surface area contributed by atoms with E-state index in [2.05, 4.69) is 15.5 Å². The molecular weight excluding hydrogens is 425 g/mol. The van der Waals surface area contributed by atoms with Gasteiger partial charge in [-0.2, -0.15) is 10.2 Å². The molecule has 2 heterocycles. The molecule has 0 saturated heterocycles. The van der Waals surface area contributed by atoms with Crippen molar-refractivity contribution in [2.75, 3.05) is 6.54 Å². The van der Waals surface area contributed by atoms with E-state index >= 15 is 0 Å². The molecule has 148 valence electrons. The lowest BCUT2D eigenvalue weighted by molar-refractivity contribution is 0.0931. The largest absolute Gasteiger partial charge is 0.471 e. The normalized spacial score (nSPS) is 10.9. The molecule has 3 rings (SSSR count). The van der Waals surface area contributed by atoms with Crippen molar-refractivity contribution in [2.24, 2.45) is 0 Å². The van der Waals surface area contributed by atoms with Gasteiger partial charge in [0.15, 0.2) is 6.73 Å². The lowest BCUT2D eigenvalue weighted by atomic mass is 10.3. The van der Waals surface area contributed by atoms with E-state index in [-0.39, 0.29) is 12.6 Å². The molecule has 0 unspecified atom stereocenters. The average Bonchev–Trinajstić information content (AvgIpc) is 3.25. The summed E-state index contributed by atoms with van der Waals surface area (Å²) < 4.78 is 8.73. The second-order valence-corrected chi connectivity index (χ2v) is 7.14. The van der Waals surface area contributed by atoms with Crippen LogP contribution in [0.5, 0.6) is 5.75 Å². The number of ether oxygens (including phenoxy) is 1. The maximum absolute atomic E-state index is 12.4. The summed E-state index contributed by atoms with van der Waals surface area (Å²) in [7, 11) is 0. The number of nitrogens with one attached hydrogen (secondary N) is 1. The number of aromatic nitrogens is 4. The lowest BCUT2D eigenvalue weighted by Crippen LogP contribution is -2.28. The molecule has 2 aromatic heterocycles. The van der Waals surface area contributed by atoms with Crippen LogP contribution in [0.15, 0.2) is 36.5 Å². The van der Waals surface area contributed by atoms with Gasteiger partial charge in [0.1, 0.15) is 21.6 Å². The first-order chi connectivity index (χ1) is 13.5. The Morgan fingerprint density at radius 1 is 1.14 bits per heavy atom. The fourth-order valence-corrected chi connectivity index (χ4v) is 3.02. The van der Waals surface area contributed by atoms with Gasteiger partial charge >= 0.3 is 0 Å². The zero-order valence-electron chi connectivity index (χ0n) is 15.0. The maximum atomic E-state index is 12.4. The summed E-state index contributed by atoms with van der Waals surface area (Å²) in [5.74, 6) is 0.397. The van der Waals surface area contributed by atoms with E-state index in [0.29, 0.717) is 51.8 Å². The number of hydrogen-bond acceptors (Lipinski definition) is 4. The average molecular weight is 443 g/mol. The van der Waals surface area contributed by atoms with Crippen LogP contribution in [0.2, 0.25) is 15.2 Å². The SMILES string of the molecule is Cc1nn(CCCNC(=O)c2ccnn2COc2ccc(Cl)cc2)c(Cl)c1Cl. The summed E-state index contributed by atoms with van der Waals surface area (Å²) in [6.45, 7) is 2.90. The number of amides is 1. The van der Waals surface area contributed by atoms with Crippen LogP contribution in [0.3, 0.4) is 0 Å². The molecule has 1 N–H and O–H groups in total. The van der Waals surface area contributed by atoms with Crippen LogP contribution in [-0.4, -0.2) is 32.0 Å². The first kappa shape index (κ1) is 20.5. The molecule has 7 nitrogen and oxygen atoms in total. The van der Waals surface area contributed by atoms with E-state index in [0.717, 1.165) is 0 Å². The van der Waals surface area contributed by atoms with Gasteiger partial charge in [-0.3, -0.25) is 9.48 Å². The minimum Gasteiger partial charge on any atom is -0.471 e. The maximum Gasteiger partial charge on any atom is 0.269 e. The minimum absolute atomic E-state index is 0.109. The molecule has 28 heavy (non-hydrogen) atoms. The van der Waals surface area contributed by atoms with Crippen molar-refractivity contribution in [1.82, 2.24) is 24.9 Å². The van der Waals surface area contributed by atoms with E-state index in [1.165, 1.54) is 4.68 Å². The monoisotopic (exact) mass is 441 g/mol. The highest BCUT2D eigenvalue weighted by Gasteiger charge is 2.13. The second kappa shape index (κ2) is 9.32. The smallest absolute Gasteiger partial charge is 0.269 e. The van der Waals surface area contributed by atoms with Gasteiger partial charge in [-0.05, 0) is 43.7 Å². The molecule has 1 aromatic carbocycles. The fourth-order valence-electron chi connectivity index (χ4n) is 2.50. The van der Waals surface area contributed by atoms with Crippen LogP contribution in [0.25, 0.3) is 0 Å². The molecule has 3 aromatic rings. The van der Waals surface area contributed by atoms with Crippen molar-refractivity contribution < 1.29 is 9.53 Å². The third-order valence-corrected chi connectivity index (χ3v) is 5.13. The summed E-state index contributed by atoms with van der Waals surface area (Å²) in [5.41, 5.74) is 1.09. The summed E-state index contributed by atoms with van der Waals surface area (Å²) >= 11 is 18.0. The number of hydrogen-bond donors (Lipinski definition) is 1. The number of aryl methyl sites for hydroxylation is 2. The highest BCUT2D eigenvalue weighted by molar-refractivity contribution is 6.41. The summed E-state index contributed by atoms with van der Waals surface area (Å²) in [4.78, 5) is 12.4. The zero-order valence-corrected chi connectivity index (χ0v) is 17.3. The van der Waals surface area contributed by atoms with Crippen LogP contribution in [-0.2, 0) is 13.3 Å². The fraction of sp³-hybridized carbons (Fsp3) is 0.278.